The number of hydrogen-bond donors (Lipinski definition) is 0. The van der Waals surface area contributed by atoms with Gasteiger partial charge >= 0.3 is 17.9 Å². The molecule has 0 radical (unpaired) electrons. The van der Waals surface area contributed by atoms with Crippen LogP contribution in [0.1, 0.15) is 253 Å². The number of carbonyl (C=O) groups excluding carboxylic acids is 3. The Morgan fingerprint density at radius 3 is 0.690 bits per heavy atom. The zero-order valence-corrected chi connectivity index (χ0v) is 42.2. The lowest BCUT2D eigenvalue weighted by molar-refractivity contribution is -0.143. The summed E-state index contributed by atoms with van der Waals surface area (Å²) in [4.78, 5) is 39.1. The van der Waals surface area contributed by atoms with Gasteiger partial charge in [0.05, 0.1) is 25.3 Å². The van der Waals surface area contributed by atoms with Crippen molar-refractivity contribution in [2.75, 3.05) is 19.8 Å². The van der Waals surface area contributed by atoms with Crippen LogP contribution >= 0.6 is 39.7 Å². The SMILES string of the molecule is CCCCCCCCCCCCCOC(=O)C(C)SP(SC(C)C(=O)OCCCCCCCCCCCCC)SC(C)C(=O)OCCCCCCCCCCCCC. The minimum absolute atomic E-state index is 0.218. The molecular formula is C48H93O6PS3. The van der Waals surface area contributed by atoms with E-state index in [0.717, 1.165) is 38.5 Å². The van der Waals surface area contributed by atoms with Gasteiger partial charge in [-0.3, -0.25) is 14.4 Å². The molecule has 10 heteroatoms. The van der Waals surface area contributed by atoms with Crippen molar-refractivity contribution in [3.05, 3.63) is 0 Å². The Labute approximate surface area is 373 Å². The molecule has 0 saturated carbocycles. The maximum Gasteiger partial charge on any atom is 0.319 e. The monoisotopic (exact) mass is 893 g/mol. The Hall–Kier alpha value is -0.110. The van der Waals surface area contributed by atoms with Crippen LogP contribution in [-0.4, -0.2) is 53.5 Å². The smallest absolute Gasteiger partial charge is 0.319 e. The van der Waals surface area contributed by atoms with Crippen molar-refractivity contribution in [1.29, 1.82) is 0 Å². The molecule has 0 spiro atoms. The van der Waals surface area contributed by atoms with Gasteiger partial charge in [0.1, 0.15) is 15.7 Å². The summed E-state index contributed by atoms with van der Waals surface area (Å²) in [7, 11) is 0. The summed E-state index contributed by atoms with van der Waals surface area (Å²) in [6.45, 7) is 13.8. The molecule has 344 valence electrons. The Balaban J connectivity index is 4.70. The second kappa shape index (κ2) is 44.9. The van der Waals surface area contributed by atoms with Crippen LogP contribution in [0.2, 0.25) is 0 Å². The predicted molar refractivity (Wildman–Crippen MR) is 260 cm³/mol. The highest BCUT2D eigenvalue weighted by atomic mass is 33.4. The van der Waals surface area contributed by atoms with Gasteiger partial charge in [0.15, 0.2) is 0 Å². The topological polar surface area (TPSA) is 78.9 Å². The van der Waals surface area contributed by atoms with E-state index in [1.165, 1.54) is 208 Å². The molecule has 0 N–H and O–H groups in total. The molecule has 0 aliphatic carbocycles. The average Bonchev–Trinajstić information content (AvgIpc) is 3.21. The fourth-order valence-corrected chi connectivity index (χ4v) is 20.0. The number of rotatable bonds is 45. The zero-order chi connectivity index (χ0) is 42.7. The normalized spacial score (nSPS) is 13.6. The third-order valence-corrected chi connectivity index (χ3v) is 21.8. The Bertz CT molecular complexity index is 814. The van der Waals surface area contributed by atoms with Crippen LogP contribution in [0.25, 0.3) is 0 Å². The van der Waals surface area contributed by atoms with Gasteiger partial charge in [0.2, 0.25) is 0 Å². The van der Waals surface area contributed by atoms with Crippen LogP contribution < -0.4 is 0 Å². The van der Waals surface area contributed by atoms with Gasteiger partial charge < -0.3 is 14.2 Å². The molecular weight excluding hydrogens is 800 g/mol. The maximum atomic E-state index is 13.0. The van der Waals surface area contributed by atoms with Crippen molar-refractivity contribution in [2.45, 2.75) is 269 Å². The van der Waals surface area contributed by atoms with E-state index >= 15 is 0 Å². The Kier molecular flexibility index (Phi) is 44.8. The lowest BCUT2D eigenvalue weighted by Crippen LogP contribution is -2.20. The summed E-state index contributed by atoms with van der Waals surface area (Å²) < 4.78 is 17.1. The average molecular weight is 893 g/mol. The second-order valence-corrected chi connectivity index (χ2v) is 27.0. The molecule has 0 bridgehead atoms. The molecule has 3 atom stereocenters. The molecule has 0 aromatic carbocycles. The molecule has 0 saturated heterocycles. The van der Waals surface area contributed by atoms with Gasteiger partial charge in [0, 0.05) is 0 Å². The lowest BCUT2D eigenvalue weighted by Gasteiger charge is -2.23. The van der Waals surface area contributed by atoms with Gasteiger partial charge in [-0.15, -0.1) is 0 Å². The van der Waals surface area contributed by atoms with E-state index in [4.69, 9.17) is 14.2 Å². The van der Waals surface area contributed by atoms with Crippen LogP contribution in [0.3, 0.4) is 0 Å². The van der Waals surface area contributed by atoms with Crippen molar-refractivity contribution in [3.63, 3.8) is 0 Å². The van der Waals surface area contributed by atoms with Crippen molar-refractivity contribution >= 4 is 57.6 Å². The first-order chi connectivity index (χ1) is 28.3. The summed E-state index contributed by atoms with van der Waals surface area (Å²) in [6, 6.07) is 0. The van der Waals surface area contributed by atoms with E-state index in [0.29, 0.717) is 19.8 Å². The number of hydrogen-bond acceptors (Lipinski definition) is 9. The van der Waals surface area contributed by atoms with Gasteiger partial charge in [0.25, 0.3) is 0 Å². The summed E-state index contributed by atoms with van der Waals surface area (Å²) in [5.41, 5.74) is -1.04. The van der Waals surface area contributed by atoms with Gasteiger partial charge in [-0.1, -0.05) is 248 Å². The minimum Gasteiger partial charge on any atom is -0.465 e. The van der Waals surface area contributed by atoms with Crippen LogP contribution in [0.5, 0.6) is 0 Å². The molecule has 0 amide bonds. The van der Waals surface area contributed by atoms with Crippen LogP contribution in [-0.2, 0) is 28.6 Å². The summed E-state index contributed by atoms with van der Waals surface area (Å²) in [5.74, 6) is -0.655. The number of carbonyl (C=O) groups is 3. The van der Waals surface area contributed by atoms with E-state index in [2.05, 4.69) is 20.8 Å². The third-order valence-electron chi connectivity index (χ3n) is 10.7. The van der Waals surface area contributed by atoms with Crippen LogP contribution in [0.4, 0.5) is 0 Å². The molecule has 0 aromatic heterocycles. The fraction of sp³-hybridized carbons (Fsp3) is 0.938. The van der Waals surface area contributed by atoms with E-state index in [1.54, 1.807) is 0 Å². The Morgan fingerprint density at radius 2 is 0.500 bits per heavy atom. The van der Waals surface area contributed by atoms with Crippen molar-refractivity contribution in [2.24, 2.45) is 0 Å². The predicted octanol–water partition coefficient (Wildman–Crippen LogP) is 17.1. The second-order valence-electron chi connectivity index (χ2n) is 16.6. The van der Waals surface area contributed by atoms with E-state index in [9.17, 15) is 14.4 Å². The van der Waals surface area contributed by atoms with E-state index < -0.39 is 21.3 Å². The highest BCUT2D eigenvalue weighted by Crippen LogP contribution is 2.73. The molecule has 0 heterocycles. The lowest BCUT2D eigenvalue weighted by atomic mass is 10.1. The first-order valence-corrected chi connectivity index (χ1v) is 30.4. The van der Waals surface area contributed by atoms with Crippen molar-refractivity contribution < 1.29 is 28.6 Å². The first kappa shape index (κ1) is 57.9. The van der Waals surface area contributed by atoms with Crippen LogP contribution in [0, 0.1) is 0 Å². The molecule has 58 heavy (non-hydrogen) atoms. The number of esters is 3. The zero-order valence-electron chi connectivity index (χ0n) is 38.8. The fourth-order valence-electron chi connectivity index (χ4n) is 6.76. The molecule has 0 aliphatic heterocycles. The summed E-state index contributed by atoms with van der Waals surface area (Å²) in [5, 5.41) is -1.17. The highest BCUT2D eigenvalue weighted by molar-refractivity contribution is 9.12. The van der Waals surface area contributed by atoms with Crippen molar-refractivity contribution in [3.8, 4) is 0 Å². The third kappa shape index (κ3) is 38.8. The maximum absolute atomic E-state index is 13.0. The Morgan fingerprint density at radius 1 is 0.328 bits per heavy atom. The molecule has 0 aliphatic rings. The molecule has 3 unspecified atom stereocenters. The first-order valence-electron chi connectivity index (χ1n) is 24.6. The van der Waals surface area contributed by atoms with Gasteiger partial charge in [-0.2, -0.15) is 0 Å². The molecule has 6 nitrogen and oxygen atoms in total. The molecule has 0 aromatic rings. The minimum atomic E-state index is -1.04. The van der Waals surface area contributed by atoms with Gasteiger partial charge in [-0.05, 0) is 40.0 Å². The number of ether oxygens (including phenoxy) is 3. The van der Waals surface area contributed by atoms with E-state index in [1.807, 2.05) is 20.8 Å². The summed E-state index contributed by atoms with van der Waals surface area (Å²) >= 11 is 4.57. The van der Waals surface area contributed by atoms with Gasteiger partial charge in [-0.25, -0.2) is 0 Å². The van der Waals surface area contributed by atoms with E-state index in [-0.39, 0.29) is 17.9 Å². The largest absolute Gasteiger partial charge is 0.465 e. The number of unbranched alkanes of at least 4 members (excludes halogenated alkanes) is 30. The van der Waals surface area contributed by atoms with Crippen LogP contribution in [0.15, 0.2) is 0 Å². The summed E-state index contributed by atoms with van der Waals surface area (Å²) in [6.07, 6.45) is 41.4. The van der Waals surface area contributed by atoms with Crippen molar-refractivity contribution in [1.82, 2.24) is 0 Å². The molecule has 0 rings (SSSR count). The standard InChI is InChI=1S/C48H93O6PS3/c1-7-10-13-16-19-22-25-28-31-34-37-40-52-46(49)43(4)56-55(57-44(5)47(50)53-41-38-35-32-29-26-23-20-17-14-11-8-2)58-45(6)48(51)54-42-39-36-33-30-27-24-21-18-15-12-9-3/h43-45H,7-42H2,1-6H3. The highest BCUT2D eigenvalue weighted by Gasteiger charge is 2.30. The quantitative estimate of drug-likeness (QED) is 0.0257. The molecule has 0 fully saturated rings.